The van der Waals surface area contributed by atoms with Crippen molar-refractivity contribution in [3.05, 3.63) is 142 Å². The minimum Gasteiger partial charge on any atom is -0.376 e. The Bertz CT molecular complexity index is 1240. The summed E-state index contributed by atoms with van der Waals surface area (Å²) in [5.74, 6) is 0. The smallest absolute Gasteiger partial charge is 0.141 e. The van der Waals surface area contributed by atoms with Gasteiger partial charge in [-0.25, -0.2) is 0 Å². The second kappa shape index (κ2) is 8.16. The Kier molecular flexibility index (Phi) is 5.55. The fraction of sp³-hybridized carbons (Fsp3) is 0.294. The van der Waals surface area contributed by atoms with Crippen molar-refractivity contribution in [3.8, 4) is 0 Å². The van der Waals surface area contributed by atoms with Gasteiger partial charge in [-0.3, -0.25) is 0 Å². The maximum absolute atomic E-state index is 12.6. The molecule has 2 N–H and O–H groups in total. The van der Waals surface area contributed by atoms with Crippen molar-refractivity contribution < 1.29 is 10.2 Å². The zero-order chi connectivity index (χ0) is 25.9. The summed E-state index contributed by atoms with van der Waals surface area (Å²) in [7, 11) is 0. The Morgan fingerprint density at radius 2 is 0.667 bits per heavy atom. The van der Waals surface area contributed by atoms with Crippen molar-refractivity contribution in [1.29, 1.82) is 0 Å². The first kappa shape index (κ1) is 24.5. The Morgan fingerprint density at radius 1 is 0.417 bits per heavy atom. The number of fused-ring (bicyclic) bond motifs is 2. The molecule has 4 aromatic carbocycles. The molecule has 2 heteroatoms. The molecule has 36 heavy (non-hydrogen) atoms. The van der Waals surface area contributed by atoms with E-state index in [1.165, 1.54) is 11.1 Å². The lowest BCUT2D eigenvalue weighted by atomic mass is 9.63. The normalized spacial score (nSPS) is 21.6. The Hall–Kier alpha value is -3.20. The van der Waals surface area contributed by atoms with E-state index in [9.17, 15) is 10.2 Å². The first-order valence-electron chi connectivity index (χ1n) is 12.7. The lowest BCUT2D eigenvalue weighted by Gasteiger charge is -2.45. The molecule has 2 nitrogen and oxygen atoms in total. The van der Waals surface area contributed by atoms with E-state index in [1.807, 2.05) is 72.8 Å². The Balaban J connectivity index is 1.76. The van der Waals surface area contributed by atoms with Crippen LogP contribution in [0.3, 0.4) is 0 Å². The van der Waals surface area contributed by atoms with Crippen molar-refractivity contribution in [1.82, 2.24) is 0 Å². The zero-order valence-corrected chi connectivity index (χ0v) is 22.1. The van der Waals surface area contributed by atoms with Gasteiger partial charge in [0.25, 0.3) is 0 Å². The summed E-state index contributed by atoms with van der Waals surface area (Å²) in [4.78, 5) is 0. The van der Waals surface area contributed by atoms with Gasteiger partial charge in [0, 0.05) is 0 Å². The van der Waals surface area contributed by atoms with E-state index in [2.05, 4.69) is 65.8 Å². The standard InChI is InChI=1S/C34H36O2/c1-31(2,3)23-15-19-25(20-16-23)33(35)27-11-7-9-13-29(27)34(36,30-14-10-8-12-28(30)33)26-21-17-24(18-22-26)32(4,5)6/h7-22,35-36H,1-6H3. The molecular formula is C34H36O2. The van der Waals surface area contributed by atoms with Crippen molar-refractivity contribution in [2.45, 2.75) is 63.6 Å². The van der Waals surface area contributed by atoms with Gasteiger partial charge in [0.1, 0.15) is 11.2 Å². The Morgan fingerprint density at radius 3 is 0.889 bits per heavy atom. The third kappa shape index (κ3) is 3.63. The molecule has 0 aliphatic heterocycles. The molecule has 0 radical (unpaired) electrons. The topological polar surface area (TPSA) is 40.5 Å². The molecule has 0 heterocycles. The zero-order valence-electron chi connectivity index (χ0n) is 22.1. The van der Waals surface area contributed by atoms with Gasteiger partial charge in [-0.2, -0.15) is 0 Å². The van der Waals surface area contributed by atoms with Crippen LogP contribution >= 0.6 is 0 Å². The number of rotatable bonds is 2. The highest BCUT2D eigenvalue weighted by atomic mass is 16.3. The van der Waals surface area contributed by atoms with E-state index >= 15 is 0 Å². The first-order valence-corrected chi connectivity index (χ1v) is 12.7. The average molecular weight is 477 g/mol. The van der Waals surface area contributed by atoms with E-state index in [0.29, 0.717) is 22.3 Å². The van der Waals surface area contributed by atoms with Crippen LogP contribution in [0.4, 0.5) is 0 Å². The lowest BCUT2D eigenvalue weighted by molar-refractivity contribution is 0.0747. The van der Waals surface area contributed by atoms with Crippen LogP contribution in [0.1, 0.15) is 86.1 Å². The van der Waals surface area contributed by atoms with Crippen LogP contribution in [-0.4, -0.2) is 10.2 Å². The molecule has 0 bridgehead atoms. The van der Waals surface area contributed by atoms with Crippen LogP contribution in [0.25, 0.3) is 0 Å². The highest BCUT2D eigenvalue weighted by Gasteiger charge is 2.50. The minimum atomic E-state index is -1.39. The number of benzene rings is 4. The van der Waals surface area contributed by atoms with Crippen molar-refractivity contribution in [2.24, 2.45) is 0 Å². The highest BCUT2D eigenvalue weighted by molar-refractivity contribution is 5.65. The Labute approximate surface area is 215 Å². The molecule has 0 fully saturated rings. The van der Waals surface area contributed by atoms with E-state index < -0.39 is 11.2 Å². The maximum atomic E-state index is 12.6. The van der Waals surface area contributed by atoms with Crippen LogP contribution < -0.4 is 0 Å². The monoisotopic (exact) mass is 476 g/mol. The molecule has 0 spiro atoms. The molecule has 0 aromatic heterocycles. The van der Waals surface area contributed by atoms with Gasteiger partial charge in [-0.1, -0.05) is 139 Å². The van der Waals surface area contributed by atoms with Gasteiger partial charge >= 0.3 is 0 Å². The van der Waals surface area contributed by atoms with E-state index in [0.717, 1.165) is 11.1 Å². The number of aliphatic hydroxyl groups is 2. The van der Waals surface area contributed by atoms with Gasteiger partial charge < -0.3 is 10.2 Å². The molecule has 5 rings (SSSR count). The van der Waals surface area contributed by atoms with Crippen LogP contribution in [0, 0.1) is 0 Å². The summed E-state index contributed by atoms with van der Waals surface area (Å²) in [5, 5.41) is 25.1. The van der Waals surface area contributed by atoms with Crippen LogP contribution in [0.2, 0.25) is 0 Å². The van der Waals surface area contributed by atoms with Crippen molar-refractivity contribution >= 4 is 0 Å². The van der Waals surface area contributed by atoms with Gasteiger partial charge in [0.15, 0.2) is 0 Å². The summed E-state index contributed by atoms with van der Waals surface area (Å²) in [6.07, 6.45) is 0. The molecule has 4 aromatic rings. The minimum absolute atomic E-state index is 0.0169. The highest BCUT2D eigenvalue weighted by Crippen LogP contribution is 2.53. The summed E-state index contributed by atoms with van der Waals surface area (Å²) in [5.41, 5.74) is 4.08. The van der Waals surface area contributed by atoms with Crippen LogP contribution in [0.15, 0.2) is 97.1 Å². The molecule has 0 saturated heterocycles. The SMILES string of the molecule is CC(C)(C)c1ccc(C2(O)c3ccccc3C(O)(c3ccc(C(C)(C)C)cc3)c3ccccc32)cc1. The molecule has 0 amide bonds. The van der Waals surface area contributed by atoms with Gasteiger partial charge in [-0.15, -0.1) is 0 Å². The predicted molar refractivity (Wildman–Crippen MR) is 147 cm³/mol. The third-order valence-electron chi connectivity index (χ3n) is 7.75. The number of hydrogen-bond acceptors (Lipinski definition) is 2. The molecule has 0 saturated carbocycles. The van der Waals surface area contributed by atoms with Crippen molar-refractivity contribution in [3.63, 3.8) is 0 Å². The molecule has 1 aliphatic carbocycles. The molecule has 0 unspecified atom stereocenters. The predicted octanol–water partition coefficient (Wildman–Crippen LogP) is 7.16. The quantitative estimate of drug-likeness (QED) is 0.322. The van der Waals surface area contributed by atoms with Crippen LogP contribution in [0.5, 0.6) is 0 Å². The van der Waals surface area contributed by atoms with Gasteiger partial charge in [0.2, 0.25) is 0 Å². The van der Waals surface area contributed by atoms with E-state index in [4.69, 9.17) is 0 Å². The molecule has 0 atom stereocenters. The fourth-order valence-corrected chi connectivity index (χ4v) is 5.56. The van der Waals surface area contributed by atoms with Crippen LogP contribution in [-0.2, 0) is 22.0 Å². The van der Waals surface area contributed by atoms with Gasteiger partial charge in [0.05, 0.1) is 0 Å². The lowest BCUT2D eigenvalue weighted by Crippen LogP contribution is -2.44. The van der Waals surface area contributed by atoms with Crippen molar-refractivity contribution in [2.75, 3.05) is 0 Å². The van der Waals surface area contributed by atoms with E-state index in [-0.39, 0.29) is 10.8 Å². The molecule has 184 valence electrons. The van der Waals surface area contributed by atoms with E-state index in [1.54, 1.807) is 0 Å². The summed E-state index contributed by atoms with van der Waals surface area (Å²) < 4.78 is 0. The summed E-state index contributed by atoms with van der Waals surface area (Å²) in [6, 6.07) is 32.0. The fourth-order valence-electron chi connectivity index (χ4n) is 5.56. The second-order valence-corrected chi connectivity index (χ2v) is 12.2. The maximum Gasteiger partial charge on any atom is 0.141 e. The summed E-state index contributed by atoms with van der Waals surface area (Å²) >= 11 is 0. The molecule has 1 aliphatic rings. The second-order valence-electron chi connectivity index (χ2n) is 12.2. The first-order chi connectivity index (χ1) is 16.9. The number of hydrogen-bond donors (Lipinski definition) is 2. The van der Waals surface area contributed by atoms with Gasteiger partial charge in [-0.05, 0) is 55.3 Å². The largest absolute Gasteiger partial charge is 0.376 e. The molecular weight excluding hydrogens is 440 g/mol. The summed E-state index contributed by atoms with van der Waals surface area (Å²) in [6.45, 7) is 13.1. The average Bonchev–Trinajstić information content (AvgIpc) is 2.86. The third-order valence-corrected chi connectivity index (χ3v) is 7.75.